The predicted octanol–water partition coefficient (Wildman–Crippen LogP) is 2.39. The van der Waals surface area contributed by atoms with Gasteiger partial charge in [0.05, 0.1) is 23.7 Å². The third-order valence-corrected chi connectivity index (χ3v) is 6.56. The Labute approximate surface area is 171 Å². The van der Waals surface area contributed by atoms with E-state index >= 15 is 0 Å². The summed E-state index contributed by atoms with van der Waals surface area (Å²) in [5.41, 5.74) is 0.675. The van der Waals surface area contributed by atoms with Crippen molar-refractivity contribution in [3.05, 3.63) is 54.1 Å². The van der Waals surface area contributed by atoms with E-state index in [1.807, 2.05) is 44.2 Å². The normalized spacial score (nSPS) is 15.7. The van der Waals surface area contributed by atoms with Gasteiger partial charge in [0.25, 0.3) is 0 Å². The minimum absolute atomic E-state index is 0.0335. The molecule has 0 atom stereocenters. The Hall–Kier alpha value is -2.42. The van der Waals surface area contributed by atoms with Crippen LogP contribution in [0.4, 0.5) is 5.69 Å². The molecule has 1 aliphatic rings. The lowest BCUT2D eigenvalue weighted by molar-refractivity contribution is -0.117. The molecule has 0 aromatic heterocycles. The lowest BCUT2D eigenvalue weighted by atomic mass is 10.1. The number of sulfonamides is 1. The van der Waals surface area contributed by atoms with Gasteiger partial charge in [0.1, 0.15) is 11.4 Å². The van der Waals surface area contributed by atoms with Gasteiger partial charge in [0, 0.05) is 20.0 Å². The molecule has 1 heterocycles. The maximum absolute atomic E-state index is 13.3. The molecular formula is C21H26N2O5S. The molecule has 0 saturated carbocycles. The van der Waals surface area contributed by atoms with Crippen LogP contribution in [0.25, 0.3) is 0 Å². The van der Waals surface area contributed by atoms with Gasteiger partial charge in [-0.15, -0.1) is 0 Å². The van der Waals surface area contributed by atoms with E-state index in [2.05, 4.69) is 0 Å². The predicted molar refractivity (Wildman–Crippen MR) is 110 cm³/mol. The molecule has 0 spiro atoms. The highest BCUT2D eigenvalue weighted by atomic mass is 32.2. The molecule has 0 bridgehead atoms. The Bertz CT molecular complexity index is 989. The summed E-state index contributed by atoms with van der Waals surface area (Å²) in [6, 6.07) is 13.7. The van der Waals surface area contributed by atoms with E-state index in [0.717, 1.165) is 5.56 Å². The van der Waals surface area contributed by atoms with Gasteiger partial charge in [0.15, 0.2) is 0 Å². The molecule has 3 rings (SSSR count). The molecule has 0 saturated heterocycles. The van der Waals surface area contributed by atoms with Crippen molar-refractivity contribution in [2.24, 2.45) is 0 Å². The van der Waals surface area contributed by atoms with Crippen LogP contribution in [0, 0.1) is 0 Å². The molecule has 0 aliphatic carbocycles. The number of rotatable bonds is 6. The molecule has 7 nitrogen and oxygen atoms in total. The maximum atomic E-state index is 13.3. The first-order chi connectivity index (χ1) is 13.6. The second-order valence-electron chi connectivity index (χ2n) is 7.64. The van der Waals surface area contributed by atoms with Gasteiger partial charge >= 0.3 is 0 Å². The van der Waals surface area contributed by atoms with Crippen LogP contribution in [0.1, 0.15) is 26.3 Å². The van der Waals surface area contributed by atoms with Crippen molar-refractivity contribution >= 4 is 21.6 Å². The average Bonchev–Trinajstić information content (AvgIpc) is 2.66. The standard InChI is InChI=1S/C21H26N2O5S/c1-16(25)23-15-21(2,3)28-20-10-9-18(13-19(20)23)29(26,27)22(11-12-24)14-17-7-5-4-6-8-17/h4-10,13,24H,11-12,14-15H2,1-3H3. The van der Waals surface area contributed by atoms with Crippen LogP contribution in [0.2, 0.25) is 0 Å². The summed E-state index contributed by atoms with van der Waals surface area (Å²) < 4.78 is 33.7. The highest BCUT2D eigenvalue weighted by molar-refractivity contribution is 7.89. The van der Waals surface area contributed by atoms with Gasteiger partial charge in [-0.3, -0.25) is 4.79 Å². The zero-order valence-corrected chi connectivity index (χ0v) is 17.6. The smallest absolute Gasteiger partial charge is 0.243 e. The fourth-order valence-electron chi connectivity index (χ4n) is 3.36. The lowest BCUT2D eigenvalue weighted by Gasteiger charge is -2.39. The summed E-state index contributed by atoms with van der Waals surface area (Å²) in [5.74, 6) is 0.279. The number of benzene rings is 2. The average molecular weight is 419 g/mol. The van der Waals surface area contributed by atoms with Crippen LogP contribution in [0.15, 0.2) is 53.4 Å². The van der Waals surface area contributed by atoms with Gasteiger partial charge in [-0.2, -0.15) is 4.31 Å². The van der Waals surface area contributed by atoms with E-state index in [4.69, 9.17) is 4.74 Å². The quantitative estimate of drug-likeness (QED) is 0.778. The van der Waals surface area contributed by atoms with Crippen molar-refractivity contribution in [1.82, 2.24) is 4.31 Å². The third-order valence-electron chi connectivity index (χ3n) is 4.72. The molecule has 0 unspecified atom stereocenters. The van der Waals surface area contributed by atoms with Gasteiger partial charge in [-0.1, -0.05) is 30.3 Å². The van der Waals surface area contributed by atoms with E-state index in [9.17, 15) is 18.3 Å². The fraction of sp³-hybridized carbons (Fsp3) is 0.381. The Morgan fingerprint density at radius 1 is 1.21 bits per heavy atom. The molecule has 1 amide bonds. The van der Waals surface area contributed by atoms with E-state index < -0.39 is 15.6 Å². The zero-order valence-electron chi connectivity index (χ0n) is 16.8. The number of carbonyl (C=O) groups is 1. The Morgan fingerprint density at radius 2 is 1.90 bits per heavy atom. The number of fused-ring (bicyclic) bond motifs is 1. The summed E-state index contributed by atoms with van der Waals surface area (Å²) in [6.07, 6.45) is 0. The largest absolute Gasteiger partial charge is 0.484 e. The number of aliphatic hydroxyl groups is 1. The molecule has 1 aliphatic heterocycles. The third kappa shape index (κ3) is 4.60. The second kappa shape index (κ2) is 8.14. The molecule has 2 aromatic rings. The van der Waals surface area contributed by atoms with Crippen molar-refractivity contribution < 1.29 is 23.1 Å². The monoisotopic (exact) mass is 418 g/mol. The van der Waals surface area contributed by atoms with Gasteiger partial charge in [-0.05, 0) is 37.6 Å². The fourth-order valence-corrected chi connectivity index (χ4v) is 4.80. The van der Waals surface area contributed by atoms with E-state index in [1.54, 1.807) is 6.07 Å². The van der Waals surface area contributed by atoms with Crippen molar-refractivity contribution in [3.8, 4) is 5.75 Å². The first-order valence-corrected chi connectivity index (χ1v) is 10.8. The van der Waals surface area contributed by atoms with Crippen LogP contribution < -0.4 is 9.64 Å². The van der Waals surface area contributed by atoms with Crippen LogP contribution in [0.5, 0.6) is 5.75 Å². The van der Waals surface area contributed by atoms with Gasteiger partial charge < -0.3 is 14.7 Å². The highest BCUT2D eigenvalue weighted by Crippen LogP contribution is 2.39. The summed E-state index contributed by atoms with van der Waals surface area (Å²) in [4.78, 5) is 13.7. The zero-order chi connectivity index (χ0) is 21.2. The number of hydrogen-bond donors (Lipinski definition) is 1. The number of ether oxygens (including phenoxy) is 1. The minimum Gasteiger partial charge on any atom is -0.484 e. The second-order valence-corrected chi connectivity index (χ2v) is 9.58. The number of nitrogens with zero attached hydrogens (tertiary/aromatic N) is 2. The van der Waals surface area contributed by atoms with Crippen LogP contribution in [-0.2, 0) is 21.4 Å². The molecule has 0 radical (unpaired) electrons. The first-order valence-electron chi connectivity index (χ1n) is 9.40. The summed E-state index contributed by atoms with van der Waals surface area (Å²) >= 11 is 0. The van der Waals surface area contributed by atoms with Crippen LogP contribution in [0.3, 0.4) is 0 Å². The number of carbonyl (C=O) groups excluding carboxylic acids is 1. The summed E-state index contributed by atoms with van der Waals surface area (Å²) in [7, 11) is -3.89. The minimum atomic E-state index is -3.89. The molecule has 8 heteroatoms. The molecular weight excluding hydrogens is 392 g/mol. The Balaban J connectivity index is 2.00. The summed E-state index contributed by atoms with van der Waals surface area (Å²) in [6.45, 7) is 5.32. The number of anilines is 1. The van der Waals surface area contributed by atoms with E-state index in [1.165, 1.54) is 28.3 Å². The number of aliphatic hydroxyl groups excluding tert-OH is 1. The molecule has 156 valence electrons. The molecule has 0 fully saturated rings. The van der Waals surface area contributed by atoms with Gasteiger partial charge in [0.2, 0.25) is 15.9 Å². The summed E-state index contributed by atoms with van der Waals surface area (Å²) in [5, 5.41) is 9.41. The first kappa shape index (κ1) is 21.3. The number of amides is 1. The maximum Gasteiger partial charge on any atom is 0.243 e. The van der Waals surface area contributed by atoms with Crippen LogP contribution >= 0.6 is 0 Å². The highest BCUT2D eigenvalue weighted by Gasteiger charge is 2.35. The molecule has 2 aromatic carbocycles. The van der Waals surface area contributed by atoms with E-state index in [-0.39, 0.29) is 30.5 Å². The lowest BCUT2D eigenvalue weighted by Crippen LogP contribution is -2.48. The van der Waals surface area contributed by atoms with Crippen molar-refractivity contribution in [1.29, 1.82) is 0 Å². The molecule has 1 N–H and O–H groups in total. The van der Waals surface area contributed by atoms with Crippen LogP contribution in [-0.4, -0.2) is 49.0 Å². The van der Waals surface area contributed by atoms with E-state index in [0.29, 0.717) is 18.0 Å². The topological polar surface area (TPSA) is 87.2 Å². The SMILES string of the molecule is CC(=O)N1CC(C)(C)Oc2ccc(S(=O)(=O)N(CCO)Cc3ccccc3)cc21. The Kier molecular flexibility index (Phi) is 5.97. The molecule has 29 heavy (non-hydrogen) atoms. The number of hydrogen-bond acceptors (Lipinski definition) is 5. The van der Waals surface area contributed by atoms with Gasteiger partial charge in [-0.25, -0.2) is 8.42 Å². The van der Waals surface area contributed by atoms with Crippen molar-refractivity contribution in [3.63, 3.8) is 0 Å². The van der Waals surface area contributed by atoms with Crippen molar-refractivity contribution in [2.45, 2.75) is 37.8 Å². The Morgan fingerprint density at radius 3 is 2.52 bits per heavy atom. The van der Waals surface area contributed by atoms with Crippen molar-refractivity contribution in [2.75, 3.05) is 24.6 Å².